The molecule has 3 aromatic rings. The molecule has 0 aliphatic heterocycles. The van der Waals surface area contributed by atoms with E-state index in [4.69, 9.17) is 9.26 Å². The van der Waals surface area contributed by atoms with E-state index in [0.29, 0.717) is 11.7 Å². The Morgan fingerprint density at radius 1 is 1.38 bits per heavy atom. The van der Waals surface area contributed by atoms with Crippen LogP contribution in [-0.2, 0) is 4.79 Å². The van der Waals surface area contributed by atoms with Gasteiger partial charge in [-0.1, -0.05) is 5.16 Å². The standard InChI is InChI=1S/C19H21N3O3S/c1-10-16-5-4-14(8-19(16)26-22-10)24-15-6-13(7-15)17-9-18(25-21-17)11(2)20-12(3)23/h4-5,8-9,11,13,15H,6-7H2,1-3H3,(H,20,23)/t11-,13?,15?/m0/s1. The van der Waals surface area contributed by atoms with E-state index in [-0.39, 0.29) is 18.1 Å². The van der Waals surface area contributed by atoms with Gasteiger partial charge in [-0.15, -0.1) is 0 Å². The monoisotopic (exact) mass is 371 g/mol. The van der Waals surface area contributed by atoms with Gasteiger partial charge in [0, 0.05) is 24.3 Å². The highest BCUT2D eigenvalue weighted by Crippen LogP contribution is 2.40. The lowest BCUT2D eigenvalue weighted by Gasteiger charge is -2.34. The summed E-state index contributed by atoms with van der Waals surface area (Å²) in [5.74, 6) is 1.84. The molecule has 4 rings (SSSR count). The van der Waals surface area contributed by atoms with Crippen LogP contribution in [0.25, 0.3) is 10.1 Å². The SMILES string of the molecule is CC(=O)N[C@@H](C)c1cc(C2CC(Oc3ccc4c(C)nsc4c3)C2)no1. The Kier molecular flexibility index (Phi) is 4.40. The quantitative estimate of drug-likeness (QED) is 0.730. The second kappa shape index (κ2) is 6.72. The van der Waals surface area contributed by atoms with Crippen LogP contribution in [0.2, 0.25) is 0 Å². The van der Waals surface area contributed by atoms with Crippen LogP contribution in [0.4, 0.5) is 0 Å². The molecule has 0 spiro atoms. The number of ether oxygens (including phenoxy) is 1. The molecular formula is C19H21N3O3S. The van der Waals surface area contributed by atoms with Crippen LogP contribution in [0.5, 0.6) is 5.75 Å². The Morgan fingerprint density at radius 3 is 2.96 bits per heavy atom. The molecule has 2 aromatic heterocycles. The van der Waals surface area contributed by atoms with Gasteiger partial charge in [-0.2, -0.15) is 4.37 Å². The number of carbonyl (C=O) groups is 1. The zero-order valence-corrected chi connectivity index (χ0v) is 15.8. The molecule has 1 amide bonds. The zero-order chi connectivity index (χ0) is 18.3. The third-order valence-corrected chi connectivity index (χ3v) is 5.73. The molecule has 1 N–H and O–H groups in total. The minimum absolute atomic E-state index is 0.0827. The van der Waals surface area contributed by atoms with Crippen molar-refractivity contribution in [3.05, 3.63) is 41.4 Å². The van der Waals surface area contributed by atoms with Crippen LogP contribution in [-0.4, -0.2) is 21.5 Å². The lowest BCUT2D eigenvalue weighted by atomic mass is 9.80. The number of nitrogens with one attached hydrogen (secondary N) is 1. The van der Waals surface area contributed by atoms with Crippen molar-refractivity contribution in [1.82, 2.24) is 14.8 Å². The zero-order valence-electron chi connectivity index (χ0n) is 15.0. The Bertz CT molecular complexity index is 943. The van der Waals surface area contributed by atoms with Crippen LogP contribution in [0.3, 0.4) is 0 Å². The van der Waals surface area contributed by atoms with Gasteiger partial charge in [0.2, 0.25) is 5.91 Å². The summed E-state index contributed by atoms with van der Waals surface area (Å²) in [6, 6.07) is 7.92. The van der Waals surface area contributed by atoms with Crippen molar-refractivity contribution < 1.29 is 14.1 Å². The van der Waals surface area contributed by atoms with Crippen LogP contribution in [0.1, 0.15) is 55.8 Å². The van der Waals surface area contributed by atoms with E-state index in [2.05, 4.69) is 27.0 Å². The van der Waals surface area contributed by atoms with E-state index < -0.39 is 0 Å². The second-order valence-electron chi connectivity index (χ2n) is 6.91. The fourth-order valence-electron chi connectivity index (χ4n) is 3.29. The summed E-state index contributed by atoms with van der Waals surface area (Å²) in [4.78, 5) is 11.1. The maximum atomic E-state index is 11.1. The molecule has 7 heteroatoms. The number of carbonyl (C=O) groups excluding carboxylic acids is 1. The Balaban J connectivity index is 1.35. The number of fused-ring (bicyclic) bond motifs is 1. The number of aryl methyl sites for hydroxylation is 1. The van der Waals surface area contributed by atoms with Gasteiger partial charge in [0.25, 0.3) is 0 Å². The molecule has 0 saturated heterocycles. The van der Waals surface area contributed by atoms with E-state index in [9.17, 15) is 4.79 Å². The number of hydrogen-bond acceptors (Lipinski definition) is 6. The largest absolute Gasteiger partial charge is 0.490 e. The number of amides is 1. The summed E-state index contributed by atoms with van der Waals surface area (Å²) in [6.07, 6.45) is 2.03. The van der Waals surface area contributed by atoms with Gasteiger partial charge in [0.15, 0.2) is 5.76 Å². The summed E-state index contributed by atoms with van der Waals surface area (Å²) in [5.41, 5.74) is 2.00. The Hall–Kier alpha value is -2.41. The van der Waals surface area contributed by atoms with Crippen molar-refractivity contribution in [3.63, 3.8) is 0 Å². The molecule has 0 radical (unpaired) electrons. The number of aromatic nitrogens is 2. The first-order chi connectivity index (χ1) is 12.5. The molecule has 1 atom stereocenters. The first kappa shape index (κ1) is 17.0. The topological polar surface area (TPSA) is 77.2 Å². The molecule has 136 valence electrons. The molecule has 0 unspecified atom stereocenters. The molecule has 2 heterocycles. The van der Waals surface area contributed by atoms with Gasteiger partial charge in [-0.05, 0) is 56.4 Å². The number of hydrogen-bond donors (Lipinski definition) is 1. The molecule has 1 saturated carbocycles. The summed E-state index contributed by atoms with van der Waals surface area (Å²) < 4.78 is 17.0. The molecule has 26 heavy (non-hydrogen) atoms. The van der Waals surface area contributed by atoms with Crippen LogP contribution in [0, 0.1) is 6.92 Å². The van der Waals surface area contributed by atoms with Crippen molar-refractivity contribution in [2.24, 2.45) is 0 Å². The predicted octanol–water partition coefficient (Wildman–Crippen LogP) is 4.11. The Labute approximate surface area is 155 Å². The normalized spacial score (nSPS) is 20.6. The minimum Gasteiger partial charge on any atom is -0.490 e. The summed E-state index contributed by atoms with van der Waals surface area (Å²) in [6.45, 7) is 5.40. The molecule has 1 aliphatic rings. The van der Waals surface area contributed by atoms with Crippen molar-refractivity contribution in [2.75, 3.05) is 0 Å². The van der Waals surface area contributed by atoms with Gasteiger partial charge in [-0.3, -0.25) is 4.79 Å². The minimum atomic E-state index is -0.171. The number of benzene rings is 1. The second-order valence-corrected chi connectivity index (χ2v) is 7.72. The van der Waals surface area contributed by atoms with Gasteiger partial charge < -0.3 is 14.6 Å². The summed E-state index contributed by atoms with van der Waals surface area (Å²) in [7, 11) is 0. The third kappa shape index (κ3) is 3.31. The first-order valence-electron chi connectivity index (χ1n) is 8.76. The van der Waals surface area contributed by atoms with Crippen molar-refractivity contribution in [2.45, 2.75) is 51.7 Å². The smallest absolute Gasteiger partial charge is 0.217 e. The maximum Gasteiger partial charge on any atom is 0.217 e. The summed E-state index contributed by atoms with van der Waals surface area (Å²) >= 11 is 1.51. The Morgan fingerprint density at radius 2 is 2.19 bits per heavy atom. The maximum absolute atomic E-state index is 11.1. The lowest BCUT2D eigenvalue weighted by molar-refractivity contribution is -0.119. The molecule has 0 bridgehead atoms. The predicted molar refractivity (Wildman–Crippen MR) is 99.5 cm³/mol. The highest BCUT2D eigenvalue weighted by molar-refractivity contribution is 7.13. The average Bonchev–Trinajstić information content (AvgIpc) is 3.17. The fourth-order valence-corrected chi connectivity index (χ4v) is 4.11. The number of rotatable bonds is 5. The van der Waals surface area contributed by atoms with Crippen LogP contribution in [0.15, 0.2) is 28.8 Å². The van der Waals surface area contributed by atoms with Gasteiger partial charge in [0.1, 0.15) is 5.75 Å². The van der Waals surface area contributed by atoms with Gasteiger partial charge >= 0.3 is 0 Å². The first-order valence-corrected chi connectivity index (χ1v) is 9.53. The third-order valence-electron chi connectivity index (χ3n) is 4.83. The van der Waals surface area contributed by atoms with Gasteiger partial charge in [0.05, 0.1) is 28.2 Å². The summed E-state index contributed by atoms with van der Waals surface area (Å²) in [5, 5.41) is 8.16. The molecular weight excluding hydrogens is 350 g/mol. The van der Waals surface area contributed by atoms with E-state index in [1.54, 1.807) is 0 Å². The van der Waals surface area contributed by atoms with E-state index >= 15 is 0 Å². The lowest BCUT2D eigenvalue weighted by Crippen LogP contribution is -2.32. The van der Waals surface area contributed by atoms with E-state index in [1.807, 2.05) is 26.0 Å². The van der Waals surface area contributed by atoms with Crippen LogP contribution < -0.4 is 10.1 Å². The van der Waals surface area contributed by atoms with Crippen molar-refractivity contribution in [1.29, 1.82) is 0 Å². The molecule has 1 aliphatic carbocycles. The molecule has 6 nitrogen and oxygen atoms in total. The average molecular weight is 371 g/mol. The number of nitrogens with zero attached hydrogens (tertiary/aromatic N) is 2. The fraction of sp³-hybridized carbons (Fsp3) is 0.421. The van der Waals surface area contributed by atoms with Crippen molar-refractivity contribution in [3.8, 4) is 5.75 Å². The van der Waals surface area contributed by atoms with Crippen LogP contribution >= 0.6 is 11.5 Å². The van der Waals surface area contributed by atoms with Crippen molar-refractivity contribution >= 4 is 27.5 Å². The van der Waals surface area contributed by atoms with E-state index in [1.165, 1.54) is 23.8 Å². The molecule has 1 fully saturated rings. The van der Waals surface area contributed by atoms with E-state index in [0.717, 1.165) is 34.7 Å². The highest BCUT2D eigenvalue weighted by Gasteiger charge is 2.34. The molecule has 1 aromatic carbocycles. The highest BCUT2D eigenvalue weighted by atomic mass is 32.1. The van der Waals surface area contributed by atoms with Gasteiger partial charge in [-0.25, -0.2) is 0 Å².